The lowest BCUT2D eigenvalue weighted by Crippen LogP contribution is -2.48. The Kier molecular flexibility index (Phi) is 8.68. The van der Waals surface area contributed by atoms with E-state index in [0.717, 1.165) is 5.56 Å². The maximum atomic E-state index is 12.8. The first-order valence-electron chi connectivity index (χ1n) is 9.91. The van der Waals surface area contributed by atoms with Crippen LogP contribution in [0.25, 0.3) is 0 Å². The van der Waals surface area contributed by atoms with E-state index in [2.05, 4.69) is 10.6 Å². The van der Waals surface area contributed by atoms with Crippen LogP contribution >= 0.6 is 0 Å². The summed E-state index contributed by atoms with van der Waals surface area (Å²) >= 11 is 0. The summed E-state index contributed by atoms with van der Waals surface area (Å²) in [6, 6.07) is 15.7. The number of ether oxygens (including phenoxy) is 3. The van der Waals surface area contributed by atoms with Crippen LogP contribution in [0.1, 0.15) is 33.3 Å². The molecule has 162 valence electrons. The average Bonchev–Trinajstić information content (AvgIpc) is 2.68. The minimum atomic E-state index is -0.921. The highest BCUT2D eigenvalue weighted by molar-refractivity contribution is 5.96. The third-order valence-corrected chi connectivity index (χ3v) is 3.84. The molecule has 0 aromatic heterocycles. The van der Waals surface area contributed by atoms with Gasteiger partial charge in [0.25, 0.3) is 0 Å². The predicted molar refractivity (Wildman–Crippen MR) is 115 cm³/mol. The quantitative estimate of drug-likeness (QED) is 0.644. The van der Waals surface area contributed by atoms with Gasteiger partial charge in [-0.05, 0) is 57.5 Å². The summed E-state index contributed by atoms with van der Waals surface area (Å²) < 4.78 is 16.3. The molecule has 0 unspecified atom stereocenters. The first-order chi connectivity index (χ1) is 14.3. The van der Waals surface area contributed by atoms with Crippen molar-refractivity contribution in [1.82, 2.24) is 5.32 Å². The summed E-state index contributed by atoms with van der Waals surface area (Å²) in [5, 5.41) is 5.37. The summed E-state index contributed by atoms with van der Waals surface area (Å²) in [7, 11) is 0. The van der Waals surface area contributed by atoms with E-state index < -0.39 is 23.6 Å². The standard InChI is InChI=1S/C23H30N2O5/c1-5-29-19-13-11-18(12-14-19)24-21(26)20(25-22(27)30-23(2,3)4)16-28-15-17-9-7-6-8-10-17/h6-14,20H,5,15-16H2,1-4H3,(H,24,26)(H,25,27)/t20-/m0/s1. The first-order valence-corrected chi connectivity index (χ1v) is 9.91. The number of hydrogen-bond donors (Lipinski definition) is 2. The van der Waals surface area contributed by atoms with Crippen molar-refractivity contribution in [3.8, 4) is 5.75 Å². The van der Waals surface area contributed by atoms with Crippen molar-refractivity contribution in [3.05, 3.63) is 60.2 Å². The van der Waals surface area contributed by atoms with Crippen molar-refractivity contribution in [2.24, 2.45) is 0 Å². The van der Waals surface area contributed by atoms with Crippen molar-refractivity contribution in [2.75, 3.05) is 18.5 Å². The van der Waals surface area contributed by atoms with Crippen LogP contribution in [0.15, 0.2) is 54.6 Å². The molecule has 7 heteroatoms. The molecule has 2 N–H and O–H groups in total. The van der Waals surface area contributed by atoms with E-state index in [1.807, 2.05) is 37.3 Å². The van der Waals surface area contributed by atoms with Crippen molar-refractivity contribution < 1.29 is 23.8 Å². The van der Waals surface area contributed by atoms with E-state index in [1.165, 1.54) is 0 Å². The Morgan fingerprint density at radius 2 is 1.67 bits per heavy atom. The first kappa shape index (κ1) is 23.2. The second-order valence-electron chi connectivity index (χ2n) is 7.65. The van der Waals surface area contributed by atoms with Crippen molar-refractivity contribution in [1.29, 1.82) is 0 Å². The second kappa shape index (κ2) is 11.2. The van der Waals surface area contributed by atoms with Gasteiger partial charge < -0.3 is 24.8 Å². The van der Waals surface area contributed by atoms with Crippen molar-refractivity contribution >= 4 is 17.7 Å². The van der Waals surface area contributed by atoms with E-state index in [4.69, 9.17) is 14.2 Å². The maximum Gasteiger partial charge on any atom is 0.408 e. The third kappa shape index (κ3) is 8.53. The largest absolute Gasteiger partial charge is 0.494 e. The van der Waals surface area contributed by atoms with Crippen LogP contribution in [-0.2, 0) is 20.9 Å². The van der Waals surface area contributed by atoms with Gasteiger partial charge in [0.2, 0.25) is 5.91 Å². The highest BCUT2D eigenvalue weighted by Gasteiger charge is 2.25. The SMILES string of the molecule is CCOc1ccc(NC(=O)[C@H](COCc2ccccc2)NC(=O)OC(C)(C)C)cc1. The molecule has 30 heavy (non-hydrogen) atoms. The molecule has 0 heterocycles. The number of rotatable bonds is 9. The number of carbonyl (C=O) groups excluding carboxylic acids is 2. The Balaban J connectivity index is 2.00. The molecular weight excluding hydrogens is 384 g/mol. The lowest BCUT2D eigenvalue weighted by atomic mass is 10.2. The smallest absolute Gasteiger partial charge is 0.408 e. The molecule has 2 aromatic carbocycles. The number of alkyl carbamates (subject to hydrolysis) is 1. The van der Waals surface area contributed by atoms with Gasteiger partial charge in [-0.25, -0.2) is 4.79 Å². The zero-order chi connectivity index (χ0) is 22.0. The Morgan fingerprint density at radius 3 is 2.27 bits per heavy atom. The Bertz CT molecular complexity index is 801. The maximum absolute atomic E-state index is 12.8. The molecule has 0 spiro atoms. The highest BCUT2D eigenvalue weighted by Crippen LogP contribution is 2.16. The Morgan fingerprint density at radius 1 is 1.00 bits per heavy atom. The van der Waals surface area contributed by atoms with Crippen LogP contribution in [0.2, 0.25) is 0 Å². The van der Waals surface area contributed by atoms with Gasteiger partial charge in [0, 0.05) is 5.69 Å². The van der Waals surface area contributed by atoms with Gasteiger partial charge in [-0.2, -0.15) is 0 Å². The van der Waals surface area contributed by atoms with Crippen LogP contribution in [-0.4, -0.2) is 36.9 Å². The number of amides is 2. The van der Waals surface area contributed by atoms with Crippen LogP contribution in [0.4, 0.5) is 10.5 Å². The fraction of sp³-hybridized carbons (Fsp3) is 0.391. The molecule has 2 rings (SSSR count). The minimum Gasteiger partial charge on any atom is -0.494 e. The normalized spacial score (nSPS) is 12.0. The van der Waals surface area contributed by atoms with Gasteiger partial charge in [0.1, 0.15) is 17.4 Å². The van der Waals surface area contributed by atoms with E-state index in [1.54, 1.807) is 45.0 Å². The summed E-state index contributed by atoms with van der Waals surface area (Å²) in [5.41, 5.74) is 0.883. The molecule has 7 nitrogen and oxygen atoms in total. The van der Waals surface area contributed by atoms with E-state index >= 15 is 0 Å². The molecular formula is C23H30N2O5. The van der Waals surface area contributed by atoms with Crippen LogP contribution in [0, 0.1) is 0 Å². The van der Waals surface area contributed by atoms with Crippen molar-refractivity contribution in [2.45, 2.75) is 45.9 Å². The summed E-state index contributed by atoms with van der Waals surface area (Å²) in [5.74, 6) is 0.309. The lowest BCUT2D eigenvalue weighted by Gasteiger charge is -2.23. The average molecular weight is 415 g/mol. The molecule has 2 amide bonds. The molecule has 0 fully saturated rings. The lowest BCUT2D eigenvalue weighted by molar-refractivity contribution is -0.119. The number of hydrogen-bond acceptors (Lipinski definition) is 5. The zero-order valence-corrected chi connectivity index (χ0v) is 17.9. The van der Waals surface area contributed by atoms with E-state index in [0.29, 0.717) is 24.7 Å². The van der Waals surface area contributed by atoms with E-state index in [9.17, 15) is 9.59 Å². The van der Waals surface area contributed by atoms with Crippen molar-refractivity contribution in [3.63, 3.8) is 0 Å². The van der Waals surface area contributed by atoms with Gasteiger partial charge in [-0.1, -0.05) is 30.3 Å². The highest BCUT2D eigenvalue weighted by atomic mass is 16.6. The Labute approximate surface area is 177 Å². The Hall–Kier alpha value is -3.06. The summed E-state index contributed by atoms with van der Waals surface area (Å²) in [6.07, 6.45) is -0.683. The summed E-state index contributed by atoms with van der Waals surface area (Å²) in [6.45, 7) is 8.06. The van der Waals surface area contributed by atoms with Gasteiger partial charge in [0.15, 0.2) is 0 Å². The predicted octanol–water partition coefficient (Wildman–Crippen LogP) is 4.13. The third-order valence-electron chi connectivity index (χ3n) is 3.84. The van der Waals surface area contributed by atoms with Gasteiger partial charge in [-0.3, -0.25) is 4.79 Å². The van der Waals surface area contributed by atoms with Crippen LogP contribution in [0.5, 0.6) is 5.75 Å². The monoisotopic (exact) mass is 414 g/mol. The fourth-order valence-corrected chi connectivity index (χ4v) is 2.53. The molecule has 0 radical (unpaired) electrons. The topological polar surface area (TPSA) is 85.9 Å². The molecule has 0 saturated carbocycles. The molecule has 1 atom stereocenters. The van der Waals surface area contributed by atoms with Gasteiger partial charge in [0.05, 0.1) is 19.8 Å². The number of benzene rings is 2. The number of carbonyl (C=O) groups is 2. The van der Waals surface area contributed by atoms with Crippen LogP contribution in [0.3, 0.4) is 0 Å². The zero-order valence-electron chi connectivity index (χ0n) is 17.9. The molecule has 0 bridgehead atoms. The minimum absolute atomic E-state index is 0.00298. The van der Waals surface area contributed by atoms with E-state index in [-0.39, 0.29) is 6.61 Å². The fourth-order valence-electron chi connectivity index (χ4n) is 2.53. The molecule has 0 aliphatic heterocycles. The molecule has 0 aliphatic carbocycles. The number of anilines is 1. The molecule has 0 aliphatic rings. The second-order valence-corrected chi connectivity index (χ2v) is 7.65. The van der Waals surface area contributed by atoms with Gasteiger partial charge in [-0.15, -0.1) is 0 Å². The molecule has 2 aromatic rings. The number of nitrogens with one attached hydrogen (secondary N) is 2. The van der Waals surface area contributed by atoms with Gasteiger partial charge >= 0.3 is 6.09 Å². The molecule has 0 saturated heterocycles. The van der Waals surface area contributed by atoms with Crippen LogP contribution < -0.4 is 15.4 Å². The summed E-state index contributed by atoms with van der Waals surface area (Å²) in [4.78, 5) is 25.0.